The molecule has 1 amide bonds. The summed E-state index contributed by atoms with van der Waals surface area (Å²) in [5, 5.41) is 3.11. The van der Waals surface area contributed by atoms with E-state index in [9.17, 15) is 4.79 Å². The number of aromatic nitrogens is 1. The number of hydrogen-bond acceptors (Lipinski definition) is 4. The normalized spacial score (nSPS) is 26.8. The van der Waals surface area contributed by atoms with Gasteiger partial charge in [0.15, 0.2) is 0 Å². The van der Waals surface area contributed by atoms with Gasteiger partial charge in [0.1, 0.15) is 0 Å². The molecule has 2 fully saturated rings. The highest BCUT2D eigenvalue weighted by molar-refractivity contribution is 5.77. The Hall–Kier alpha value is -1.62. The van der Waals surface area contributed by atoms with Gasteiger partial charge >= 0.3 is 0 Å². The molecule has 2 unspecified atom stereocenters. The molecule has 2 atom stereocenters. The van der Waals surface area contributed by atoms with Crippen molar-refractivity contribution in [3.63, 3.8) is 0 Å². The van der Waals surface area contributed by atoms with Gasteiger partial charge in [0.2, 0.25) is 5.91 Å². The summed E-state index contributed by atoms with van der Waals surface area (Å²) in [6.07, 6.45) is 6.36. The van der Waals surface area contributed by atoms with Crippen molar-refractivity contribution in [2.45, 2.75) is 31.8 Å². The predicted molar refractivity (Wildman–Crippen MR) is 73.6 cm³/mol. The zero-order chi connectivity index (χ0) is 13.2. The van der Waals surface area contributed by atoms with Gasteiger partial charge in [-0.3, -0.25) is 9.78 Å². The third-order valence-electron chi connectivity index (χ3n) is 4.27. The van der Waals surface area contributed by atoms with Gasteiger partial charge in [0.05, 0.1) is 11.9 Å². The molecule has 2 aliphatic rings. The zero-order valence-corrected chi connectivity index (χ0v) is 11.0. The smallest absolute Gasteiger partial charge is 0.220 e. The molecule has 3 rings (SSSR count). The lowest BCUT2D eigenvalue weighted by molar-refractivity contribution is -0.124. The van der Waals surface area contributed by atoms with Gasteiger partial charge in [-0.25, -0.2) is 0 Å². The fraction of sp³-hybridized carbons (Fsp3) is 0.571. The van der Waals surface area contributed by atoms with E-state index in [2.05, 4.69) is 15.2 Å². The van der Waals surface area contributed by atoms with Gasteiger partial charge < -0.3 is 16.0 Å². The van der Waals surface area contributed by atoms with Crippen LogP contribution in [0.4, 0.5) is 5.69 Å². The number of nitrogens with two attached hydrogens (primary N) is 1. The first-order valence-corrected chi connectivity index (χ1v) is 6.95. The number of nitrogens with one attached hydrogen (secondary N) is 1. The average Bonchev–Trinajstić information content (AvgIpc) is 2.46. The van der Waals surface area contributed by atoms with E-state index in [0.29, 0.717) is 24.9 Å². The van der Waals surface area contributed by atoms with Crippen LogP contribution in [0.2, 0.25) is 0 Å². The summed E-state index contributed by atoms with van der Waals surface area (Å²) in [5.41, 5.74) is 8.10. The van der Waals surface area contributed by atoms with Crippen molar-refractivity contribution in [1.29, 1.82) is 0 Å². The van der Waals surface area contributed by atoms with Crippen molar-refractivity contribution in [2.24, 2.45) is 11.7 Å². The largest absolute Gasteiger partial charge is 0.370 e. The van der Waals surface area contributed by atoms with Crippen LogP contribution in [0.5, 0.6) is 0 Å². The van der Waals surface area contributed by atoms with Crippen LogP contribution in [0.3, 0.4) is 0 Å². The number of carbonyl (C=O) groups is 1. The third-order valence-corrected chi connectivity index (χ3v) is 4.27. The maximum absolute atomic E-state index is 11.4. The molecule has 19 heavy (non-hydrogen) atoms. The van der Waals surface area contributed by atoms with Crippen molar-refractivity contribution < 1.29 is 4.79 Å². The van der Waals surface area contributed by atoms with Gasteiger partial charge in [-0.1, -0.05) is 0 Å². The highest BCUT2D eigenvalue weighted by Crippen LogP contribution is 2.29. The standard InChI is InChI=1S/C14H20N4O/c15-7-10-3-5-16-8-13(10)18-6-4-12-11(9-18)1-2-14(19)17-12/h3,5,8,11-12H,1-2,4,6-7,9,15H2,(H,17,19). The van der Waals surface area contributed by atoms with Crippen molar-refractivity contribution >= 4 is 11.6 Å². The molecular formula is C14H20N4O. The lowest BCUT2D eigenvalue weighted by Gasteiger charge is -2.42. The Balaban J connectivity index is 1.76. The first-order valence-electron chi connectivity index (χ1n) is 6.95. The van der Waals surface area contributed by atoms with E-state index < -0.39 is 0 Å². The Morgan fingerprint density at radius 2 is 2.37 bits per heavy atom. The number of nitrogens with zero attached hydrogens (tertiary/aromatic N) is 2. The highest BCUT2D eigenvalue weighted by atomic mass is 16.1. The number of rotatable bonds is 2. The van der Waals surface area contributed by atoms with E-state index in [1.54, 1.807) is 6.20 Å². The van der Waals surface area contributed by atoms with Crippen LogP contribution in [0.25, 0.3) is 0 Å². The van der Waals surface area contributed by atoms with E-state index in [4.69, 9.17) is 5.73 Å². The van der Waals surface area contributed by atoms with Crippen LogP contribution < -0.4 is 16.0 Å². The van der Waals surface area contributed by atoms with Crippen molar-refractivity contribution in [1.82, 2.24) is 10.3 Å². The quantitative estimate of drug-likeness (QED) is 0.819. The van der Waals surface area contributed by atoms with Gasteiger partial charge in [-0.05, 0) is 30.4 Å². The zero-order valence-electron chi connectivity index (χ0n) is 11.0. The minimum Gasteiger partial charge on any atom is -0.370 e. The third kappa shape index (κ3) is 2.42. The van der Waals surface area contributed by atoms with E-state index >= 15 is 0 Å². The van der Waals surface area contributed by atoms with Crippen LogP contribution in [0.1, 0.15) is 24.8 Å². The minimum absolute atomic E-state index is 0.207. The number of carbonyl (C=O) groups excluding carboxylic acids is 1. The van der Waals surface area contributed by atoms with Crippen LogP contribution in [-0.4, -0.2) is 30.0 Å². The number of amides is 1. The Bertz CT molecular complexity index is 476. The van der Waals surface area contributed by atoms with Crippen molar-refractivity contribution in [2.75, 3.05) is 18.0 Å². The number of anilines is 1. The van der Waals surface area contributed by atoms with Gasteiger partial charge in [0.25, 0.3) is 0 Å². The summed E-state index contributed by atoms with van der Waals surface area (Å²) in [7, 11) is 0. The molecule has 3 heterocycles. The Kier molecular flexibility index (Phi) is 3.38. The van der Waals surface area contributed by atoms with Gasteiger partial charge in [-0.15, -0.1) is 0 Å². The minimum atomic E-state index is 0.207. The van der Waals surface area contributed by atoms with Crippen molar-refractivity contribution in [3.8, 4) is 0 Å². The van der Waals surface area contributed by atoms with Crippen LogP contribution >= 0.6 is 0 Å². The second-order valence-corrected chi connectivity index (χ2v) is 5.42. The van der Waals surface area contributed by atoms with Crippen LogP contribution in [0.15, 0.2) is 18.5 Å². The maximum Gasteiger partial charge on any atom is 0.220 e. The molecule has 5 nitrogen and oxygen atoms in total. The molecule has 0 aromatic carbocycles. The molecule has 0 spiro atoms. The van der Waals surface area contributed by atoms with E-state index in [1.165, 1.54) is 0 Å². The molecule has 1 aromatic rings. The Morgan fingerprint density at radius 1 is 1.47 bits per heavy atom. The fourth-order valence-electron chi connectivity index (χ4n) is 3.20. The second kappa shape index (κ2) is 5.17. The molecule has 5 heteroatoms. The number of fused-ring (bicyclic) bond motifs is 1. The van der Waals surface area contributed by atoms with E-state index in [1.807, 2.05) is 12.3 Å². The average molecular weight is 260 g/mol. The second-order valence-electron chi connectivity index (χ2n) is 5.42. The van der Waals surface area contributed by atoms with E-state index in [-0.39, 0.29) is 5.91 Å². The predicted octanol–water partition coefficient (Wildman–Crippen LogP) is 0.645. The molecule has 3 N–H and O–H groups in total. The topological polar surface area (TPSA) is 71.2 Å². The lowest BCUT2D eigenvalue weighted by Crippen LogP contribution is -2.54. The lowest BCUT2D eigenvalue weighted by atomic mass is 9.85. The van der Waals surface area contributed by atoms with Crippen LogP contribution in [-0.2, 0) is 11.3 Å². The summed E-state index contributed by atoms with van der Waals surface area (Å²) in [4.78, 5) is 18.0. The molecule has 2 saturated heterocycles. The summed E-state index contributed by atoms with van der Waals surface area (Å²) in [5.74, 6) is 0.760. The fourth-order valence-corrected chi connectivity index (χ4v) is 3.20. The molecule has 1 aromatic heterocycles. The summed E-state index contributed by atoms with van der Waals surface area (Å²) >= 11 is 0. The number of pyridine rings is 1. The summed E-state index contributed by atoms with van der Waals surface area (Å²) < 4.78 is 0. The SMILES string of the molecule is NCc1ccncc1N1CCC2NC(=O)CCC2C1. The van der Waals surface area contributed by atoms with E-state index in [0.717, 1.165) is 37.2 Å². The Morgan fingerprint density at radius 3 is 3.21 bits per heavy atom. The monoisotopic (exact) mass is 260 g/mol. The van der Waals surface area contributed by atoms with Gasteiger partial charge in [0, 0.05) is 38.3 Å². The molecule has 2 aliphatic heterocycles. The molecule has 0 saturated carbocycles. The van der Waals surface area contributed by atoms with Crippen molar-refractivity contribution in [3.05, 3.63) is 24.0 Å². The maximum atomic E-state index is 11.4. The summed E-state index contributed by atoms with van der Waals surface area (Å²) in [6.45, 7) is 2.49. The van der Waals surface area contributed by atoms with Crippen LogP contribution in [0, 0.1) is 5.92 Å². The molecule has 0 radical (unpaired) electrons. The van der Waals surface area contributed by atoms with Gasteiger partial charge in [-0.2, -0.15) is 0 Å². The summed E-state index contributed by atoms with van der Waals surface area (Å²) in [6, 6.07) is 2.35. The highest BCUT2D eigenvalue weighted by Gasteiger charge is 2.34. The number of piperidine rings is 2. The first kappa shape index (κ1) is 12.4. The molecule has 102 valence electrons. The Labute approximate surface area is 113 Å². The molecule has 0 aliphatic carbocycles. The number of hydrogen-bond donors (Lipinski definition) is 2. The first-order chi connectivity index (χ1) is 9.28. The molecular weight excluding hydrogens is 240 g/mol. The molecule has 0 bridgehead atoms.